The number of ether oxygens (including phenoxy) is 2. The third kappa shape index (κ3) is 7.74. The maximum absolute atomic E-state index is 13.4. The summed E-state index contributed by atoms with van der Waals surface area (Å²) in [5, 5.41) is 19.6. The quantitative estimate of drug-likeness (QED) is 0.415. The summed E-state index contributed by atoms with van der Waals surface area (Å²) in [5.74, 6) is 1.94. The van der Waals surface area contributed by atoms with Crippen molar-refractivity contribution in [1.82, 2.24) is 19.8 Å². The number of likely N-dealkylation sites (tertiary alicyclic amines) is 2. The van der Waals surface area contributed by atoms with Crippen LogP contribution in [0.25, 0.3) is 0 Å². The molecule has 2 spiro atoms. The predicted octanol–water partition coefficient (Wildman–Crippen LogP) is 5.04. The van der Waals surface area contributed by atoms with E-state index in [9.17, 15) is 19.8 Å². The smallest absolute Gasteiger partial charge is 0.230 e. The number of carbonyl (C=O) groups is 2. The summed E-state index contributed by atoms with van der Waals surface area (Å²) in [5.41, 5.74) is 4.01. The van der Waals surface area contributed by atoms with Crippen LogP contribution < -0.4 is 19.3 Å². The van der Waals surface area contributed by atoms with Gasteiger partial charge in [0.15, 0.2) is 0 Å². The van der Waals surface area contributed by atoms with E-state index < -0.39 is 0 Å². The van der Waals surface area contributed by atoms with E-state index in [1.54, 1.807) is 14.2 Å². The predicted molar refractivity (Wildman–Crippen MR) is 208 cm³/mol. The van der Waals surface area contributed by atoms with E-state index in [1.807, 2.05) is 24.5 Å². The average Bonchev–Trinajstić information content (AvgIpc) is 3.66. The number of rotatable bonds is 6. The zero-order chi connectivity index (χ0) is 38.0. The minimum atomic E-state index is -0.249. The van der Waals surface area contributed by atoms with Gasteiger partial charge in [0.05, 0.1) is 61.0 Å². The van der Waals surface area contributed by atoms with Crippen LogP contribution in [0.4, 0.5) is 11.4 Å². The molecule has 2 N–H and O–H groups in total. The molecule has 0 unspecified atom stereocenters. The van der Waals surface area contributed by atoms with Gasteiger partial charge in [-0.1, -0.05) is 0 Å². The first kappa shape index (κ1) is 38.6. The van der Waals surface area contributed by atoms with Gasteiger partial charge in [-0.25, -0.2) is 9.97 Å². The highest BCUT2D eigenvalue weighted by Crippen LogP contribution is 2.45. The second-order valence-electron chi connectivity index (χ2n) is 17.1. The lowest BCUT2D eigenvalue weighted by Crippen LogP contribution is -2.50. The number of aryl methyl sites for hydroxylation is 2. The fourth-order valence-corrected chi connectivity index (χ4v) is 10.5. The number of nitrogens with zero attached hydrogens (tertiary/aromatic N) is 6. The van der Waals surface area contributed by atoms with Gasteiger partial charge in [0.1, 0.15) is 0 Å². The summed E-state index contributed by atoms with van der Waals surface area (Å²) in [6.45, 7) is 9.41. The van der Waals surface area contributed by atoms with E-state index in [0.29, 0.717) is 35.7 Å². The largest absolute Gasteiger partial charge is 0.481 e. The highest BCUT2D eigenvalue weighted by molar-refractivity contribution is 5.87. The number of anilines is 2. The van der Waals surface area contributed by atoms with E-state index in [1.165, 1.54) is 0 Å². The van der Waals surface area contributed by atoms with Crippen molar-refractivity contribution in [3.05, 3.63) is 35.7 Å². The van der Waals surface area contributed by atoms with Crippen LogP contribution in [-0.2, 0) is 9.59 Å². The van der Waals surface area contributed by atoms with E-state index >= 15 is 0 Å². The molecular weight excluding hydrogens is 684 g/mol. The lowest BCUT2D eigenvalue weighted by molar-refractivity contribution is -0.140. The summed E-state index contributed by atoms with van der Waals surface area (Å²) in [7, 11) is 3.26. The SMILES string of the molecule is COc1cc(C)c(N2CCC[C@@]3(CCN(C4CCC(O)CC4)C3=O)C2)cn1.COc1cc(C)c(N2CCC[C@@]3(CCN(C4CCC(O)CC4)C3=O)C2)cn1. The van der Waals surface area contributed by atoms with Crippen molar-refractivity contribution in [2.75, 3.05) is 63.3 Å². The number of amides is 2. The van der Waals surface area contributed by atoms with Gasteiger partial charge in [0.2, 0.25) is 23.6 Å². The number of piperidine rings is 2. The number of carbonyl (C=O) groups excluding carboxylic acids is 2. The first-order valence-electron chi connectivity index (χ1n) is 20.5. The van der Waals surface area contributed by atoms with Gasteiger partial charge in [0.25, 0.3) is 0 Å². The fraction of sp³-hybridized carbons (Fsp3) is 0.714. The molecule has 6 heterocycles. The van der Waals surface area contributed by atoms with Crippen LogP contribution in [0.15, 0.2) is 24.5 Å². The van der Waals surface area contributed by atoms with Crippen molar-refractivity contribution >= 4 is 23.2 Å². The molecular formula is C42H62N6O6. The number of methoxy groups -OCH3 is 2. The first-order valence-corrected chi connectivity index (χ1v) is 20.5. The van der Waals surface area contributed by atoms with Crippen molar-refractivity contribution in [1.29, 1.82) is 0 Å². The third-order valence-electron chi connectivity index (χ3n) is 13.7. The normalized spacial score (nSPS) is 31.6. The standard InChI is InChI=1S/2C21H31N3O3/c2*1-15-12-19(27-2)22-13-18(15)23-10-3-8-21(14-23)9-11-24(20(21)26)16-4-6-17(25)7-5-16/h2*12-13,16-17,25H,3-11,14H2,1-2H3/t2*16?,17?,21-/m11/s1. The molecule has 0 radical (unpaired) electrons. The molecule has 8 rings (SSSR count). The van der Waals surface area contributed by atoms with Crippen LogP contribution in [0.3, 0.4) is 0 Å². The zero-order valence-corrected chi connectivity index (χ0v) is 33.0. The van der Waals surface area contributed by atoms with Crippen LogP contribution in [0.5, 0.6) is 11.8 Å². The van der Waals surface area contributed by atoms with E-state index in [0.717, 1.165) is 152 Å². The molecule has 296 valence electrons. The van der Waals surface area contributed by atoms with Crippen molar-refractivity contribution < 1.29 is 29.3 Å². The Labute approximate surface area is 321 Å². The molecule has 2 saturated carbocycles. The average molecular weight is 747 g/mol. The van der Waals surface area contributed by atoms with E-state index in [-0.39, 0.29) is 23.0 Å². The second-order valence-corrected chi connectivity index (χ2v) is 17.1. The molecule has 0 aromatic carbocycles. The van der Waals surface area contributed by atoms with Gasteiger partial charge in [-0.3, -0.25) is 9.59 Å². The Bertz CT molecular complexity index is 1520. The topological polar surface area (TPSA) is 132 Å². The molecule has 12 nitrogen and oxygen atoms in total. The van der Waals surface area contributed by atoms with Crippen LogP contribution in [-0.4, -0.2) is 120 Å². The van der Waals surface area contributed by atoms with Gasteiger partial charge in [-0.2, -0.15) is 0 Å². The number of hydrogen-bond acceptors (Lipinski definition) is 10. The molecule has 2 aromatic rings. The minimum absolute atomic E-state index is 0.177. The number of aliphatic hydroxyl groups is 2. The molecule has 54 heavy (non-hydrogen) atoms. The lowest BCUT2D eigenvalue weighted by Gasteiger charge is -2.41. The Hall–Kier alpha value is -3.64. The second kappa shape index (κ2) is 16.2. The Morgan fingerprint density at radius 2 is 1.00 bits per heavy atom. The third-order valence-corrected chi connectivity index (χ3v) is 13.7. The van der Waals surface area contributed by atoms with Crippen molar-refractivity contribution in [2.45, 2.75) is 128 Å². The maximum Gasteiger partial charge on any atom is 0.230 e. The monoisotopic (exact) mass is 746 g/mol. The van der Waals surface area contributed by atoms with E-state index in [4.69, 9.17) is 9.47 Å². The first-order chi connectivity index (χ1) is 26.0. The Kier molecular flexibility index (Phi) is 11.6. The number of hydrogen-bond donors (Lipinski definition) is 2. The molecule has 12 heteroatoms. The molecule has 4 saturated heterocycles. The van der Waals surface area contributed by atoms with Gasteiger partial charge in [0, 0.05) is 63.5 Å². The molecule has 2 aliphatic carbocycles. The van der Waals surface area contributed by atoms with Gasteiger partial charge in [-0.15, -0.1) is 0 Å². The van der Waals surface area contributed by atoms with Crippen LogP contribution >= 0.6 is 0 Å². The summed E-state index contributed by atoms with van der Waals surface area (Å²) in [6.07, 6.45) is 16.4. The molecule has 0 bridgehead atoms. The lowest BCUT2D eigenvalue weighted by atomic mass is 9.78. The Morgan fingerprint density at radius 3 is 1.35 bits per heavy atom. The number of aliphatic hydroxyl groups excluding tert-OH is 2. The summed E-state index contributed by atoms with van der Waals surface area (Å²) < 4.78 is 10.5. The molecule has 2 amide bonds. The highest BCUT2D eigenvalue weighted by Gasteiger charge is 2.52. The summed E-state index contributed by atoms with van der Waals surface area (Å²) in [6, 6.07) is 4.57. The molecule has 6 fully saturated rings. The van der Waals surface area contributed by atoms with Crippen LogP contribution in [0, 0.1) is 24.7 Å². The molecule has 2 aromatic heterocycles. The summed E-state index contributed by atoms with van der Waals surface area (Å²) in [4.78, 5) is 44.6. The van der Waals surface area contributed by atoms with Gasteiger partial charge in [-0.05, 0) is 115 Å². The highest BCUT2D eigenvalue weighted by atomic mass is 16.5. The minimum Gasteiger partial charge on any atom is -0.481 e. The van der Waals surface area contributed by atoms with Crippen molar-refractivity contribution in [3.8, 4) is 11.8 Å². The Balaban J connectivity index is 0.000000167. The van der Waals surface area contributed by atoms with Gasteiger partial charge < -0.3 is 39.3 Å². The van der Waals surface area contributed by atoms with Crippen LogP contribution in [0.1, 0.15) is 101 Å². The van der Waals surface area contributed by atoms with Gasteiger partial charge >= 0.3 is 0 Å². The van der Waals surface area contributed by atoms with Crippen molar-refractivity contribution in [3.63, 3.8) is 0 Å². The zero-order valence-electron chi connectivity index (χ0n) is 33.0. The molecule has 4 aliphatic heterocycles. The number of pyridine rings is 2. The molecule has 2 atom stereocenters. The Morgan fingerprint density at radius 1 is 0.611 bits per heavy atom. The molecule has 6 aliphatic rings. The van der Waals surface area contributed by atoms with E-state index in [2.05, 4.69) is 43.4 Å². The fourth-order valence-electron chi connectivity index (χ4n) is 10.5. The van der Waals surface area contributed by atoms with Crippen molar-refractivity contribution in [2.24, 2.45) is 10.8 Å². The maximum atomic E-state index is 13.4. The summed E-state index contributed by atoms with van der Waals surface area (Å²) >= 11 is 0. The van der Waals surface area contributed by atoms with Crippen LogP contribution in [0.2, 0.25) is 0 Å². The number of aromatic nitrogens is 2.